The van der Waals surface area contributed by atoms with Crippen molar-refractivity contribution in [3.05, 3.63) is 65.6 Å². The van der Waals surface area contributed by atoms with Crippen molar-refractivity contribution in [2.75, 3.05) is 0 Å². The van der Waals surface area contributed by atoms with Gasteiger partial charge in [0.1, 0.15) is 0 Å². The van der Waals surface area contributed by atoms with E-state index in [0.29, 0.717) is 24.7 Å². The van der Waals surface area contributed by atoms with Crippen LogP contribution in [-0.2, 0) is 13.0 Å². The summed E-state index contributed by atoms with van der Waals surface area (Å²) in [5.74, 6) is 1.32. The highest BCUT2D eigenvalue weighted by atomic mass is 16.5. The largest absolute Gasteiger partial charge is 0.338 e. The van der Waals surface area contributed by atoms with Crippen LogP contribution in [-0.4, -0.2) is 26.0 Å². The molecule has 3 aromatic rings. The van der Waals surface area contributed by atoms with E-state index in [9.17, 15) is 0 Å². The van der Waals surface area contributed by atoms with Crippen LogP contribution in [0, 0.1) is 6.92 Å². The predicted octanol–water partition coefficient (Wildman–Crippen LogP) is 2.90. The fourth-order valence-electron chi connectivity index (χ4n) is 2.52. The van der Waals surface area contributed by atoms with Gasteiger partial charge in [-0.15, -0.1) is 0 Å². The maximum absolute atomic E-state index is 5.33. The van der Waals surface area contributed by atoms with Gasteiger partial charge in [-0.1, -0.05) is 35.5 Å². The molecule has 1 N–H and O–H groups in total. The Hall–Kier alpha value is -2.47. The molecule has 6 heteroatoms. The van der Waals surface area contributed by atoms with Gasteiger partial charge in [-0.25, -0.2) is 0 Å². The van der Waals surface area contributed by atoms with Crippen LogP contribution >= 0.6 is 0 Å². The van der Waals surface area contributed by atoms with Gasteiger partial charge in [-0.05, 0) is 31.9 Å². The summed E-state index contributed by atoms with van der Waals surface area (Å²) < 4.78 is 7.30. The van der Waals surface area contributed by atoms with Gasteiger partial charge in [0, 0.05) is 18.7 Å². The van der Waals surface area contributed by atoms with E-state index in [1.54, 1.807) is 0 Å². The van der Waals surface area contributed by atoms with Crippen molar-refractivity contribution in [3.8, 4) is 0 Å². The van der Waals surface area contributed by atoms with E-state index in [1.807, 2.05) is 42.2 Å². The molecule has 0 aliphatic heterocycles. The molecule has 1 aromatic carbocycles. The standard InChI is InChI=1S/C18H23N5O/c1-13-10-20-23(12-13)15(3)14(2)19-11-18-21-17(22-24-18)9-16-7-5-4-6-8-16/h4-8,10,12,14-15,19H,9,11H2,1-3H3/t14-,15-/m1/s1. The van der Waals surface area contributed by atoms with Gasteiger partial charge in [0.25, 0.3) is 0 Å². The molecule has 0 unspecified atom stereocenters. The fraction of sp³-hybridized carbons (Fsp3) is 0.389. The molecule has 24 heavy (non-hydrogen) atoms. The fourth-order valence-corrected chi connectivity index (χ4v) is 2.52. The van der Waals surface area contributed by atoms with Crippen LogP contribution in [0.1, 0.15) is 42.7 Å². The van der Waals surface area contributed by atoms with E-state index in [1.165, 1.54) is 5.56 Å². The van der Waals surface area contributed by atoms with Crippen molar-refractivity contribution < 1.29 is 4.52 Å². The van der Waals surface area contributed by atoms with Gasteiger partial charge in [-0.2, -0.15) is 10.1 Å². The van der Waals surface area contributed by atoms with Gasteiger partial charge >= 0.3 is 0 Å². The monoisotopic (exact) mass is 325 g/mol. The summed E-state index contributed by atoms with van der Waals surface area (Å²) in [4.78, 5) is 4.45. The molecule has 0 saturated carbocycles. The van der Waals surface area contributed by atoms with Crippen molar-refractivity contribution in [3.63, 3.8) is 0 Å². The van der Waals surface area contributed by atoms with E-state index in [4.69, 9.17) is 4.52 Å². The second-order valence-electron chi connectivity index (χ2n) is 6.17. The molecule has 0 spiro atoms. The average Bonchev–Trinajstić information content (AvgIpc) is 3.22. The van der Waals surface area contributed by atoms with Crippen molar-refractivity contribution in [2.45, 2.75) is 45.8 Å². The quantitative estimate of drug-likeness (QED) is 0.723. The summed E-state index contributed by atoms with van der Waals surface area (Å²) in [6.45, 7) is 6.86. The first-order valence-electron chi connectivity index (χ1n) is 8.21. The Labute approximate surface area is 141 Å². The van der Waals surface area contributed by atoms with E-state index < -0.39 is 0 Å². The molecule has 126 valence electrons. The minimum Gasteiger partial charge on any atom is -0.338 e. The highest BCUT2D eigenvalue weighted by Crippen LogP contribution is 2.12. The number of hydrogen-bond acceptors (Lipinski definition) is 5. The number of aromatic nitrogens is 4. The number of aryl methyl sites for hydroxylation is 1. The molecular formula is C18H23N5O. The van der Waals surface area contributed by atoms with Gasteiger partial charge < -0.3 is 9.84 Å². The molecule has 0 radical (unpaired) electrons. The lowest BCUT2D eigenvalue weighted by atomic mass is 10.1. The third-order valence-corrected chi connectivity index (χ3v) is 4.16. The number of benzene rings is 1. The molecule has 0 aliphatic rings. The third kappa shape index (κ3) is 4.08. The lowest BCUT2D eigenvalue weighted by Crippen LogP contribution is -2.33. The molecule has 2 aromatic heterocycles. The van der Waals surface area contributed by atoms with Crippen LogP contribution in [0.25, 0.3) is 0 Å². The molecule has 0 fully saturated rings. The third-order valence-electron chi connectivity index (χ3n) is 4.16. The Kier molecular flexibility index (Phi) is 5.05. The zero-order chi connectivity index (χ0) is 16.9. The minimum atomic E-state index is 0.230. The predicted molar refractivity (Wildman–Crippen MR) is 91.5 cm³/mol. The minimum absolute atomic E-state index is 0.230. The first-order valence-corrected chi connectivity index (χ1v) is 8.21. The number of nitrogens with zero attached hydrogens (tertiary/aromatic N) is 4. The summed E-state index contributed by atoms with van der Waals surface area (Å²) >= 11 is 0. The summed E-state index contributed by atoms with van der Waals surface area (Å²) in [6, 6.07) is 10.6. The van der Waals surface area contributed by atoms with E-state index in [0.717, 1.165) is 5.56 Å². The SMILES string of the molecule is Cc1cnn([C@H](C)[C@@H](C)NCc2nc(Cc3ccccc3)no2)c1. The molecule has 0 saturated heterocycles. The van der Waals surface area contributed by atoms with Crippen LogP contribution in [0.5, 0.6) is 0 Å². The van der Waals surface area contributed by atoms with Gasteiger partial charge in [-0.3, -0.25) is 4.68 Å². The molecule has 6 nitrogen and oxygen atoms in total. The topological polar surface area (TPSA) is 68.8 Å². The molecule has 2 atom stereocenters. The van der Waals surface area contributed by atoms with Crippen molar-refractivity contribution >= 4 is 0 Å². The number of nitrogens with one attached hydrogen (secondary N) is 1. The van der Waals surface area contributed by atoms with Crippen molar-refractivity contribution in [2.24, 2.45) is 0 Å². The highest BCUT2D eigenvalue weighted by Gasteiger charge is 2.16. The van der Waals surface area contributed by atoms with Crippen LogP contribution in [0.4, 0.5) is 0 Å². The highest BCUT2D eigenvalue weighted by molar-refractivity contribution is 5.18. The maximum Gasteiger partial charge on any atom is 0.240 e. The normalized spacial score (nSPS) is 13.8. The summed E-state index contributed by atoms with van der Waals surface area (Å²) in [5, 5.41) is 11.8. The first-order chi connectivity index (χ1) is 11.6. The molecular weight excluding hydrogens is 302 g/mol. The van der Waals surface area contributed by atoms with Crippen LogP contribution in [0.3, 0.4) is 0 Å². The Morgan fingerprint density at radius 2 is 2.00 bits per heavy atom. The zero-order valence-corrected chi connectivity index (χ0v) is 14.3. The maximum atomic E-state index is 5.33. The lowest BCUT2D eigenvalue weighted by Gasteiger charge is -2.20. The van der Waals surface area contributed by atoms with Gasteiger partial charge in [0.05, 0.1) is 18.8 Å². The van der Waals surface area contributed by atoms with E-state index in [-0.39, 0.29) is 12.1 Å². The Balaban J connectivity index is 1.53. The lowest BCUT2D eigenvalue weighted by molar-refractivity contribution is 0.324. The Morgan fingerprint density at radius 3 is 2.71 bits per heavy atom. The smallest absolute Gasteiger partial charge is 0.240 e. The Morgan fingerprint density at radius 1 is 1.21 bits per heavy atom. The molecule has 2 heterocycles. The molecule has 0 amide bonds. The van der Waals surface area contributed by atoms with E-state index >= 15 is 0 Å². The molecule has 0 aliphatic carbocycles. The second-order valence-corrected chi connectivity index (χ2v) is 6.17. The van der Waals surface area contributed by atoms with Crippen LogP contribution in [0.15, 0.2) is 47.2 Å². The van der Waals surface area contributed by atoms with Gasteiger partial charge in [0.15, 0.2) is 5.82 Å². The van der Waals surface area contributed by atoms with Gasteiger partial charge in [0.2, 0.25) is 5.89 Å². The number of rotatable bonds is 7. The molecule has 3 rings (SSSR count). The number of hydrogen-bond donors (Lipinski definition) is 1. The summed E-state index contributed by atoms with van der Waals surface area (Å²) in [6.07, 6.45) is 4.60. The summed E-state index contributed by atoms with van der Waals surface area (Å²) in [5.41, 5.74) is 2.34. The van der Waals surface area contributed by atoms with E-state index in [2.05, 4.69) is 46.5 Å². The second kappa shape index (κ2) is 7.40. The van der Waals surface area contributed by atoms with Crippen molar-refractivity contribution in [1.29, 1.82) is 0 Å². The zero-order valence-electron chi connectivity index (χ0n) is 14.3. The van der Waals surface area contributed by atoms with Crippen LogP contribution < -0.4 is 5.32 Å². The van der Waals surface area contributed by atoms with Crippen LogP contribution in [0.2, 0.25) is 0 Å². The first kappa shape index (κ1) is 16.4. The molecule has 0 bridgehead atoms. The Bertz CT molecular complexity index is 765. The van der Waals surface area contributed by atoms with Crippen molar-refractivity contribution in [1.82, 2.24) is 25.2 Å². The average molecular weight is 325 g/mol. The summed E-state index contributed by atoms with van der Waals surface area (Å²) in [7, 11) is 0.